The van der Waals surface area contributed by atoms with Gasteiger partial charge in [-0.25, -0.2) is 0 Å². The lowest BCUT2D eigenvalue weighted by molar-refractivity contribution is -0.117. The molecule has 2 aromatic rings. The van der Waals surface area contributed by atoms with E-state index in [0.29, 0.717) is 35.2 Å². The summed E-state index contributed by atoms with van der Waals surface area (Å²) in [6, 6.07) is 12.7. The van der Waals surface area contributed by atoms with Crippen LogP contribution >= 0.6 is 0 Å². The number of nitrogens with one attached hydrogen (secondary N) is 1. The summed E-state index contributed by atoms with van der Waals surface area (Å²) in [4.78, 5) is 12.5. The average Bonchev–Trinajstić information content (AvgIpc) is 3.24. The normalized spacial score (nSPS) is 12.2. The maximum atomic E-state index is 12.5. The molecule has 0 radical (unpaired) electrons. The minimum absolute atomic E-state index is 0.00236. The Labute approximate surface area is 175 Å². The topological polar surface area (TPSA) is 89.8 Å². The molecule has 0 saturated heterocycles. The van der Waals surface area contributed by atoms with E-state index in [1.165, 1.54) is 6.08 Å². The van der Waals surface area contributed by atoms with Crippen molar-refractivity contribution in [1.29, 1.82) is 5.26 Å². The van der Waals surface area contributed by atoms with Crippen LogP contribution in [0.4, 0.5) is 0 Å². The lowest BCUT2D eigenvalue weighted by Crippen LogP contribution is -2.23. The van der Waals surface area contributed by atoms with Gasteiger partial charge in [-0.1, -0.05) is 25.5 Å². The van der Waals surface area contributed by atoms with Gasteiger partial charge in [-0.2, -0.15) is 5.26 Å². The highest BCUT2D eigenvalue weighted by Gasteiger charge is 2.15. The molecule has 0 aliphatic carbocycles. The Morgan fingerprint density at radius 1 is 1.20 bits per heavy atom. The summed E-state index contributed by atoms with van der Waals surface area (Å²) in [5.74, 6) is 2.05. The third-order valence-corrected chi connectivity index (χ3v) is 4.51. The number of carbonyl (C=O) groups excluding carboxylic acids is 1. The highest BCUT2D eigenvalue weighted by molar-refractivity contribution is 6.01. The van der Waals surface area contributed by atoms with E-state index in [-0.39, 0.29) is 18.9 Å². The maximum absolute atomic E-state index is 12.5. The van der Waals surface area contributed by atoms with E-state index in [1.807, 2.05) is 12.1 Å². The summed E-state index contributed by atoms with van der Waals surface area (Å²) in [6.45, 7) is 3.16. The molecule has 156 valence electrons. The molecule has 2 aromatic carbocycles. The van der Waals surface area contributed by atoms with Gasteiger partial charge in [-0.15, -0.1) is 0 Å². The molecule has 0 unspecified atom stereocenters. The third kappa shape index (κ3) is 5.23. The number of ether oxygens (including phenoxy) is 4. The number of amides is 1. The minimum atomic E-state index is -0.461. The second-order valence-corrected chi connectivity index (χ2v) is 6.65. The molecule has 1 heterocycles. The molecule has 7 heteroatoms. The Balaban J connectivity index is 1.66. The molecule has 0 bridgehead atoms. The zero-order valence-corrected chi connectivity index (χ0v) is 17.1. The second kappa shape index (κ2) is 10.2. The summed E-state index contributed by atoms with van der Waals surface area (Å²) in [5.41, 5.74) is 1.52. The molecule has 1 amide bonds. The van der Waals surface area contributed by atoms with E-state index in [0.717, 1.165) is 18.4 Å². The highest BCUT2D eigenvalue weighted by atomic mass is 16.7. The monoisotopic (exact) mass is 408 g/mol. The van der Waals surface area contributed by atoms with Crippen LogP contribution in [0.25, 0.3) is 6.08 Å². The van der Waals surface area contributed by atoms with Crippen LogP contribution in [0.15, 0.2) is 42.0 Å². The fourth-order valence-electron chi connectivity index (χ4n) is 2.86. The van der Waals surface area contributed by atoms with Gasteiger partial charge in [0.15, 0.2) is 23.0 Å². The number of fused-ring (bicyclic) bond motifs is 1. The van der Waals surface area contributed by atoms with Crippen molar-refractivity contribution in [3.8, 4) is 29.1 Å². The Kier molecular flexibility index (Phi) is 7.17. The van der Waals surface area contributed by atoms with Crippen molar-refractivity contribution in [3.05, 3.63) is 53.1 Å². The maximum Gasteiger partial charge on any atom is 0.262 e. The van der Waals surface area contributed by atoms with E-state index in [4.69, 9.17) is 18.9 Å². The van der Waals surface area contributed by atoms with Gasteiger partial charge in [-0.3, -0.25) is 4.79 Å². The molecule has 7 nitrogen and oxygen atoms in total. The zero-order valence-electron chi connectivity index (χ0n) is 17.1. The largest absolute Gasteiger partial charge is 0.493 e. The number of hydrogen-bond acceptors (Lipinski definition) is 6. The average molecular weight is 408 g/mol. The smallest absolute Gasteiger partial charge is 0.262 e. The van der Waals surface area contributed by atoms with E-state index < -0.39 is 5.91 Å². The van der Waals surface area contributed by atoms with Crippen molar-refractivity contribution in [2.45, 2.75) is 26.3 Å². The number of unbranched alkanes of at least 4 members (excludes halogenated alkanes) is 1. The number of nitriles is 1. The number of nitrogens with zero attached hydrogens (tertiary/aromatic N) is 1. The first-order chi connectivity index (χ1) is 14.6. The molecule has 3 rings (SSSR count). The summed E-state index contributed by atoms with van der Waals surface area (Å²) in [6.07, 6.45) is 3.51. The van der Waals surface area contributed by atoms with E-state index in [2.05, 4.69) is 12.2 Å². The predicted octanol–water partition coefficient (Wildman–Crippen LogP) is 3.83. The van der Waals surface area contributed by atoms with Crippen LogP contribution in [-0.2, 0) is 11.3 Å². The van der Waals surface area contributed by atoms with Crippen LogP contribution in [0.2, 0.25) is 0 Å². The van der Waals surface area contributed by atoms with Crippen LogP contribution in [0.3, 0.4) is 0 Å². The molecular formula is C23H24N2O5. The number of rotatable bonds is 9. The van der Waals surface area contributed by atoms with Crippen LogP contribution in [0.5, 0.6) is 23.0 Å². The molecule has 0 atom stereocenters. The molecule has 0 saturated carbocycles. The van der Waals surface area contributed by atoms with Gasteiger partial charge in [-0.05, 0) is 47.9 Å². The van der Waals surface area contributed by atoms with E-state index in [9.17, 15) is 10.1 Å². The number of carbonyl (C=O) groups is 1. The predicted molar refractivity (Wildman–Crippen MR) is 111 cm³/mol. The van der Waals surface area contributed by atoms with Crippen molar-refractivity contribution in [1.82, 2.24) is 5.32 Å². The van der Waals surface area contributed by atoms with Crippen LogP contribution in [-0.4, -0.2) is 26.4 Å². The lowest BCUT2D eigenvalue weighted by Gasteiger charge is -2.11. The minimum Gasteiger partial charge on any atom is -0.493 e. The van der Waals surface area contributed by atoms with Crippen molar-refractivity contribution >= 4 is 12.0 Å². The van der Waals surface area contributed by atoms with Crippen LogP contribution in [0, 0.1) is 11.3 Å². The molecule has 0 fully saturated rings. The quantitative estimate of drug-likeness (QED) is 0.385. The number of benzene rings is 2. The van der Waals surface area contributed by atoms with Gasteiger partial charge in [0.2, 0.25) is 6.79 Å². The molecule has 1 aliphatic rings. The Bertz CT molecular complexity index is 978. The van der Waals surface area contributed by atoms with Gasteiger partial charge in [0.05, 0.1) is 13.7 Å². The zero-order chi connectivity index (χ0) is 21.3. The third-order valence-electron chi connectivity index (χ3n) is 4.51. The Morgan fingerprint density at radius 3 is 2.80 bits per heavy atom. The number of methoxy groups -OCH3 is 1. The summed E-state index contributed by atoms with van der Waals surface area (Å²) in [7, 11) is 1.55. The van der Waals surface area contributed by atoms with E-state index in [1.54, 1.807) is 37.4 Å². The fraction of sp³-hybridized carbons (Fsp3) is 0.304. The van der Waals surface area contributed by atoms with Crippen molar-refractivity contribution in [3.63, 3.8) is 0 Å². The Morgan fingerprint density at radius 2 is 2.03 bits per heavy atom. The molecule has 1 N–H and O–H groups in total. The van der Waals surface area contributed by atoms with Crippen molar-refractivity contribution in [2.75, 3.05) is 20.5 Å². The van der Waals surface area contributed by atoms with Gasteiger partial charge in [0.25, 0.3) is 5.91 Å². The van der Waals surface area contributed by atoms with Gasteiger partial charge >= 0.3 is 0 Å². The first kappa shape index (κ1) is 21.1. The summed E-state index contributed by atoms with van der Waals surface area (Å²) < 4.78 is 21.7. The molecule has 0 spiro atoms. The molecule has 30 heavy (non-hydrogen) atoms. The van der Waals surface area contributed by atoms with E-state index >= 15 is 0 Å². The standard InChI is InChI=1S/C23H24N2O5/c1-3-4-9-28-19-7-5-16(11-21(19)27-2)10-18(13-24)23(26)25-14-17-6-8-20-22(12-17)30-15-29-20/h5-8,10-12H,3-4,9,14-15H2,1-2H3,(H,25,26)/b18-10+. The summed E-state index contributed by atoms with van der Waals surface area (Å²) >= 11 is 0. The summed E-state index contributed by atoms with van der Waals surface area (Å²) in [5, 5.41) is 12.2. The van der Waals surface area contributed by atoms with Gasteiger partial charge in [0.1, 0.15) is 11.6 Å². The Hall–Kier alpha value is -3.66. The fourth-order valence-corrected chi connectivity index (χ4v) is 2.86. The lowest BCUT2D eigenvalue weighted by atomic mass is 10.1. The highest BCUT2D eigenvalue weighted by Crippen LogP contribution is 2.32. The number of hydrogen-bond donors (Lipinski definition) is 1. The first-order valence-electron chi connectivity index (χ1n) is 9.74. The molecule has 0 aromatic heterocycles. The molecular weight excluding hydrogens is 384 g/mol. The first-order valence-corrected chi connectivity index (χ1v) is 9.74. The van der Waals surface area contributed by atoms with Gasteiger partial charge < -0.3 is 24.3 Å². The van der Waals surface area contributed by atoms with Crippen LogP contribution in [0.1, 0.15) is 30.9 Å². The van der Waals surface area contributed by atoms with Gasteiger partial charge in [0, 0.05) is 6.54 Å². The molecule has 1 aliphatic heterocycles. The second-order valence-electron chi connectivity index (χ2n) is 6.65. The van der Waals surface area contributed by atoms with Crippen molar-refractivity contribution in [2.24, 2.45) is 0 Å². The van der Waals surface area contributed by atoms with Crippen molar-refractivity contribution < 1.29 is 23.7 Å². The van der Waals surface area contributed by atoms with Crippen LogP contribution < -0.4 is 24.3 Å². The SMILES string of the molecule is CCCCOc1ccc(/C=C(\C#N)C(=O)NCc2ccc3c(c2)OCO3)cc1OC.